The van der Waals surface area contributed by atoms with E-state index >= 15 is 0 Å². The van der Waals surface area contributed by atoms with Crippen molar-refractivity contribution in [2.75, 3.05) is 11.9 Å². The first-order valence-electron chi connectivity index (χ1n) is 9.27. The quantitative estimate of drug-likeness (QED) is 0.467. The summed E-state index contributed by atoms with van der Waals surface area (Å²) in [5.74, 6) is 0. The summed E-state index contributed by atoms with van der Waals surface area (Å²) in [4.78, 5) is 10.3. The summed E-state index contributed by atoms with van der Waals surface area (Å²) in [5.41, 5.74) is 4.13. The van der Waals surface area contributed by atoms with Crippen molar-refractivity contribution in [2.45, 2.75) is 77.4 Å². The van der Waals surface area contributed by atoms with Crippen LogP contribution in [0.15, 0.2) is 18.2 Å². The van der Waals surface area contributed by atoms with Crippen LogP contribution in [-0.2, 0) is 22.4 Å². The van der Waals surface area contributed by atoms with Gasteiger partial charge in [-0.15, -0.1) is 0 Å². The van der Waals surface area contributed by atoms with Crippen LogP contribution < -0.4 is 5.32 Å². The molecule has 0 aliphatic carbocycles. The van der Waals surface area contributed by atoms with Gasteiger partial charge in [0.1, 0.15) is 12.5 Å². The standard InChI is InChI=1S/C20H31NO2/c1-2-3-4-6-9-17-10-12-19-18(16-17)11-13-20(21-19)23-15-8-5-7-14-22/h10,12,14,16,20-21H,2-9,11,13,15H2,1H3. The van der Waals surface area contributed by atoms with E-state index in [1.165, 1.54) is 48.9 Å². The molecule has 0 spiro atoms. The Balaban J connectivity index is 1.74. The van der Waals surface area contributed by atoms with Crippen molar-refractivity contribution in [3.63, 3.8) is 0 Å². The number of carbonyl (C=O) groups excluding carboxylic acids is 1. The van der Waals surface area contributed by atoms with Crippen LogP contribution in [0, 0.1) is 0 Å². The van der Waals surface area contributed by atoms with Crippen molar-refractivity contribution < 1.29 is 9.53 Å². The summed E-state index contributed by atoms with van der Waals surface area (Å²) in [6.45, 7) is 2.99. The van der Waals surface area contributed by atoms with E-state index in [1.54, 1.807) is 0 Å². The van der Waals surface area contributed by atoms with Gasteiger partial charge in [0.15, 0.2) is 0 Å². The van der Waals surface area contributed by atoms with Gasteiger partial charge in [-0.1, -0.05) is 38.3 Å². The van der Waals surface area contributed by atoms with E-state index in [0.29, 0.717) is 6.42 Å². The average Bonchev–Trinajstić information content (AvgIpc) is 2.58. The van der Waals surface area contributed by atoms with Crippen LogP contribution in [0.4, 0.5) is 5.69 Å². The number of benzene rings is 1. The molecule has 128 valence electrons. The third-order valence-electron chi connectivity index (χ3n) is 4.52. The van der Waals surface area contributed by atoms with E-state index < -0.39 is 0 Å². The van der Waals surface area contributed by atoms with Crippen molar-refractivity contribution >= 4 is 12.0 Å². The van der Waals surface area contributed by atoms with Crippen molar-refractivity contribution in [3.05, 3.63) is 29.3 Å². The molecule has 0 radical (unpaired) electrons. The molecule has 1 unspecified atom stereocenters. The van der Waals surface area contributed by atoms with Gasteiger partial charge in [0.25, 0.3) is 0 Å². The van der Waals surface area contributed by atoms with E-state index in [4.69, 9.17) is 4.74 Å². The highest BCUT2D eigenvalue weighted by molar-refractivity contribution is 5.55. The van der Waals surface area contributed by atoms with Crippen LogP contribution in [0.2, 0.25) is 0 Å². The fraction of sp³-hybridized carbons (Fsp3) is 0.650. The monoisotopic (exact) mass is 317 g/mol. The Morgan fingerprint density at radius 3 is 2.96 bits per heavy atom. The lowest BCUT2D eigenvalue weighted by atomic mass is 9.97. The van der Waals surface area contributed by atoms with E-state index in [9.17, 15) is 4.79 Å². The maximum atomic E-state index is 10.3. The third kappa shape index (κ3) is 6.34. The maximum Gasteiger partial charge on any atom is 0.128 e. The highest BCUT2D eigenvalue weighted by atomic mass is 16.5. The smallest absolute Gasteiger partial charge is 0.128 e. The molecular weight excluding hydrogens is 286 g/mol. The molecule has 1 aliphatic rings. The lowest BCUT2D eigenvalue weighted by Gasteiger charge is -2.27. The normalized spacial score (nSPS) is 16.7. The molecule has 23 heavy (non-hydrogen) atoms. The number of nitrogens with one attached hydrogen (secondary N) is 1. The molecular formula is C20H31NO2. The summed E-state index contributed by atoms with van der Waals surface area (Å²) in [7, 11) is 0. The molecule has 3 heteroatoms. The van der Waals surface area contributed by atoms with Crippen LogP contribution in [-0.4, -0.2) is 19.1 Å². The number of carbonyl (C=O) groups is 1. The average molecular weight is 317 g/mol. The zero-order valence-corrected chi connectivity index (χ0v) is 14.5. The molecule has 1 heterocycles. The number of hydrogen-bond acceptors (Lipinski definition) is 3. The Morgan fingerprint density at radius 1 is 1.22 bits per heavy atom. The Hall–Kier alpha value is -1.35. The molecule has 1 atom stereocenters. The van der Waals surface area contributed by atoms with Gasteiger partial charge in [0.2, 0.25) is 0 Å². The third-order valence-corrected chi connectivity index (χ3v) is 4.52. The Labute approximate surface area is 140 Å². The summed E-state index contributed by atoms with van der Waals surface area (Å²) < 4.78 is 5.88. The minimum Gasteiger partial charge on any atom is -0.360 e. The molecule has 3 nitrogen and oxygen atoms in total. The number of unbranched alkanes of at least 4 members (excludes halogenated alkanes) is 5. The van der Waals surface area contributed by atoms with Gasteiger partial charge >= 0.3 is 0 Å². The molecule has 0 bridgehead atoms. The second-order valence-corrected chi connectivity index (χ2v) is 6.51. The minimum absolute atomic E-state index is 0.120. The summed E-state index contributed by atoms with van der Waals surface area (Å²) in [6.07, 6.45) is 12.2. The number of hydrogen-bond donors (Lipinski definition) is 1. The molecule has 1 aliphatic heterocycles. The topological polar surface area (TPSA) is 38.3 Å². The second kappa shape index (κ2) is 10.4. The first-order chi connectivity index (χ1) is 11.3. The number of rotatable bonds is 11. The van der Waals surface area contributed by atoms with Crippen molar-refractivity contribution in [1.82, 2.24) is 0 Å². The molecule has 1 aromatic rings. The fourth-order valence-electron chi connectivity index (χ4n) is 3.12. The van der Waals surface area contributed by atoms with Gasteiger partial charge in [-0.2, -0.15) is 0 Å². The van der Waals surface area contributed by atoms with Crippen molar-refractivity contribution in [1.29, 1.82) is 0 Å². The number of ether oxygens (including phenoxy) is 1. The summed E-state index contributed by atoms with van der Waals surface area (Å²) >= 11 is 0. The van der Waals surface area contributed by atoms with E-state index in [-0.39, 0.29) is 6.23 Å². The number of aryl methyl sites for hydroxylation is 2. The zero-order valence-electron chi connectivity index (χ0n) is 14.5. The lowest BCUT2D eigenvalue weighted by molar-refractivity contribution is -0.108. The van der Waals surface area contributed by atoms with Crippen LogP contribution in [0.1, 0.15) is 69.4 Å². The predicted octanol–water partition coefficient (Wildman–Crippen LogP) is 4.88. The first kappa shape index (κ1) is 18.0. The van der Waals surface area contributed by atoms with E-state index in [0.717, 1.165) is 38.6 Å². The van der Waals surface area contributed by atoms with Gasteiger partial charge in [-0.25, -0.2) is 0 Å². The molecule has 0 aromatic heterocycles. The van der Waals surface area contributed by atoms with Crippen LogP contribution >= 0.6 is 0 Å². The first-order valence-corrected chi connectivity index (χ1v) is 9.27. The Kier molecular flexibility index (Phi) is 8.16. The second-order valence-electron chi connectivity index (χ2n) is 6.51. The lowest BCUT2D eigenvalue weighted by Crippen LogP contribution is -2.28. The van der Waals surface area contributed by atoms with Gasteiger partial charge in [-0.3, -0.25) is 0 Å². The number of aldehydes is 1. The highest BCUT2D eigenvalue weighted by Crippen LogP contribution is 2.27. The molecule has 2 rings (SSSR count). The van der Waals surface area contributed by atoms with Crippen LogP contribution in [0.3, 0.4) is 0 Å². The molecule has 0 amide bonds. The molecule has 0 saturated carbocycles. The number of fused-ring (bicyclic) bond motifs is 1. The Morgan fingerprint density at radius 2 is 2.13 bits per heavy atom. The van der Waals surface area contributed by atoms with Crippen LogP contribution in [0.25, 0.3) is 0 Å². The minimum atomic E-state index is 0.120. The number of anilines is 1. The summed E-state index contributed by atoms with van der Waals surface area (Å²) in [6, 6.07) is 6.84. The molecule has 1 aromatic carbocycles. The highest BCUT2D eigenvalue weighted by Gasteiger charge is 2.18. The van der Waals surface area contributed by atoms with Gasteiger partial charge in [0.05, 0.1) is 0 Å². The Bertz CT molecular complexity index is 473. The van der Waals surface area contributed by atoms with Gasteiger partial charge in [0, 0.05) is 18.7 Å². The molecule has 1 N–H and O–H groups in total. The van der Waals surface area contributed by atoms with Gasteiger partial charge in [-0.05, 0) is 55.7 Å². The van der Waals surface area contributed by atoms with Crippen molar-refractivity contribution in [2.24, 2.45) is 0 Å². The zero-order chi connectivity index (χ0) is 16.3. The van der Waals surface area contributed by atoms with Crippen LogP contribution in [0.5, 0.6) is 0 Å². The van der Waals surface area contributed by atoms with E-state index in [1.807, 2.05) is 0 Å². The van der Waals surface area contributed by atoms with Gasteiger partial charge < -0.3 is 14.8 Å². The summed E-state index contributed by atoms with van der Waals surface area (Å²) in [5, 5.41) is 3.50. The van der Waals surface area contributed by atoms with E-state index in [2.05, 4.69) is 30.4 Å². The van der Waals surface area contributed by atoms with Crippen molar-refractivity contribution in [3.8, 4) is 0 Å². The largest absolute Gasteiger partial charge is 0.360 e. The molecule has 0 saturated heterocycles. The predicted molar refractivity (Wildman–Crippen MR) is 95.9 cm³/mol. The fourth-order valence-corrected chi connectivity index (χ4v) is 3.12. The maximum absolute atomic E-state index is 10.3. The SMILES string of the molecule is CCCCCCc1ccc2c(c1)CCC(OCCCCC=O)N2. The molecule has 0 fully saturated rings.